The first-order valence-electron chi connectivity index (χ1n) is 6.90. The number of carbonyl (C=O) groups excluding carboxylic acids is 1. The highest BCUT2D eigenvalue weighted by molar-refractivity contribution is 9.10. The lowest BCUT2D eigenvalue weighted by Gasteiger charge is -2.25. The van der Waals surface area contributed by atoms with Crippen LogP contribution in [0.4, 0.5) is 5.69 Å². The Hall–Kier alpha value is -1.17. The molecule has 3 rings (SSSR count). The highest BCUT2D eigenvalue weighted by Gasteiger charge is 2.29. The van der Waals surface area contributed by atoms with Gasteiger partial charge < -0.3 is 9.64 Å². The van der Waals surface area contributed by atoms with Crippen LogP contribution in [-0.4, -0.2) is 19.1 Å². The van der Waals surface area contributed by atoms with Gasteiger partial charge in [-0.3, -0.25) is 4.79 Å². The molecule has 110 valence electrons. The normalized spacial score (nSPS) is 17.9. The number of hydrogen-bond donors (Lipinski definition) is 0. The molecule has 2 aromatic rings. The smallest absolute Gasteiger partial charge is 0.232 e. The van der Waals surface area contributed by atoms with Gasteiger partial charge in [-0.2, -0.15) is 11.3 Å². The quantitative estimate of drug-likeness (QED) is 0.816. The average Bonchev–Trinajstić information content (AvgIpc) is 3.18. The van der Waals surface area contributed by atoms with Crippen LogP contribution in [0.3, 0.4) is 0 Å². The van der Waals surface area contributed by atoms with E-state index in [4.69, 9.17) is 4.74 Å². The molecule has 1 aromatic heterocycles. The Morgan fingerprint density at radius 1 is 1.33 bits per heavy atom. The monoisotopic (exact) mass is 365 g/mol. The second-order valence-electron chi connectivity index (χ2n) is 5.09. The molecule has 21 heavy (non-hydrogen) atoms. The van der Waals surface area contributed by atoms with Crippen molar-refractivity contribution in [1.29, 1.82) is 0 Å². The summed E-state index contributed by atoms with van der Waals surface area (Å²) in [5, 5.41) is 4.13. The maximum atomic E-state index is 12.8. The van der Waals surface area contributed by atoms with Gasteiger partial charge >= 0.3 is 0 Å². The Kier molecular flexibility index (Phi) is 4.73. The fraction of sp³-hybridized carbons (Fsp3) is 0.312. The summed E-state index contributed by atoms with van der Waals surface area (Å²) in [6.07, 6.45) is 0.815. The molecule has 1 amide bonds. The Bertz CT molecular complexity index is 591. The van der Waals surface area contributed by atoms with E-state index in [1.165, 1.54) is 0 Å². The van der Waals surface area contributed by atoms with E-state index >= 15 is 0 Å². The summed E-state index contributed by atoms with van der Waals surface area (Å²) < 4.78 is 6.38. The van der Waals surface area contributed by atoms with Crippen LogP contribution >= 0.6 is 27.3 Å². The van der Waals surface area contributed by atoms with Crippen LogP contribution in [0.15, 0.2) is 45.6 Å². The van der Waals surface area contributed by atoms with Crippen molar-refractivity contribution >= 4 is 38.9 Å². The summed E-state index contributed by atoms with van der Waals surface area (Å²) in [6.45, 7) is 1.83. The first-order chi connectivity index (χ1) is 10.2. The molecular formula is C16H16BrNO2S. The van der Waals surface area contributed by atoms with E-state index < -0.39 is 0 Å². The number of nitrogens with zero attached hydrogens (tertiary/aromatic N) is 1. The van der Waals surface area contributed by atoms with Crippen molar-refractivity contribution in [3.8, 4) is 0 Å². The zero-order valence-corrected chi connectivity index (χ0v) is 13.9. The van der Waals surface area contributed by atoms with Crippen molar-refractivity contribution in [2.24, 2.45) is 5.92 Å². The maximum Gasteiger partial charge on any atom is 0.232 e. The summed E-state index contributed by atoms with van der Waals surface area (Å²) in [5.41, 5.74) is 2.09. The SMILES string of the molecule is O=C(C1CCOC1)N(Cc1ccsc1)c1ccc(Br)cc1. The fourth-order valence-corrected chi connectivity index (χ4v) is 3.36. The van der Waals surface area contributed by atoms with Crippen LogP contribution in [0.25, 0.3) is 0 Å². The first kappa shape index (κ1) is 14.8. The first-order valence-corrected chi connectivity index (χ1v) is 8.63. The molecule has 1 unspecified atom stereocenters. The van der Waals surface area contributed by atoms with Gasteiger partial charge in [-0.15, -0.1) is 0 Å². The van der Waals surface area contributed by atoms with Gasteiger partial charge in [0, 0.05) is 16.8 Å². The number of halogens is 1. The minimum absolute atomic E-state index is 0.0210. The molecule has 5 heteroatoms. The molecule has 0 spiro atoms. The van der Waals surface area contributed by atoms with Crippen LogP contribution in [0.5, 0.6) is 0 Å². The fourth-order valence-electron chi connectivity index (χ4n) is 2.43. The molecule has 0 N–H and O–H groups in total. The zero-order chi connectivity index (χ0) is 14.7. The molecule has 2 heterocycles. The second kappa shape index (κ2) is 6.73. The molecule has 1 aliphatic heterocycles. The lowest BCUT2D eigenvalue weighted by Crippen LogP contribution is -2.36. The molecule has 1 saturated heterocycles. The van der Waals surface area contributed by atoms with Crippen molar-refractivity contribution in [3.05, 3.63) is 51.1 Å². The minimum Gasteiger partial charge on any atom is -0.381 e. The summed E-state index contributed by atoms with van der Waals surface area (Å²) in [6, 6.07) is 9.95. The van der Waals surface area contributed by atoms with E-state index in [0.29, 0.717) is 19.8 Å². The number of thiophene rings is 1. The molecule has 0 radical (unpaired) electrons. The Morgan fingerprint density at radius 3 is 2.76 bits per heavy atom. The van der Waals surface area contributed by atoms with E-state index in [1.54, 1.807) is 11.3 Å². The number of carbonyl (C=O) groups is 1. The van der Waals surface area contributed by atoms with Crippen LogP contribution in [0.2, 0.25) is 0 Å². The van der Waals surface area contributed by atoms with Gasteiger partial charge in [0.15, 0.2) is 0 Å². The van der Waals surface area contributed by atoms with E-state index in [-0.39, 0.29) is 11.8 Å². The van der Waals surface area contributed by atoms with E-state index in [2.05, 4.69) is 27.4 Å². The number of ether oxygens (including phenoxy) is 1. The number of hydrogen-bond acceptors (Lipinski definition) is 3. The molecular weight excluding hydrogens is 350 g/mol. The second-order valence-corrected chi connectivity index (χ2v) is 6.79. The van der Waals surface area contributed by atoms with Gasteiger partial charge in [-0.05, 0) is 53.1 Å². The Balaban J connectivity index is 1.86. The zero-order valence-electron chi connectivity index (χ0n) is 11.5. The third-order valence-corrected chi connectivity index (χ3v) is 4.86. The van der Waals surface area contributed by atoms with Gasteiger partial charge in [0.2, 0.25) is 5.91 Å². The largest absolute Gasteiger partial charge is 0.381 e. The van der Waals surface area contributed by atoms with Crippen molar-refractivity contribution in [2.75, 3.05) is 18.1 Å². The van der Waals surface area contributed by atoms with E-state index in [9.17, 15) is 4.79 Å². The van der Waals surface area contributed by atoms with Gasteiger partial charge in [-0.25, -0.2) is 0 Å². The summed E-state index contributed by atoms with van der Waals surface area (Å²) in [4.78, 5) is 14.7. The van der Waals surface area contributed by atoms with Crippen molar-refractivity contribution < 1.29 is 9.53 Å². The third kappa shape index (κ3) is 3.54. The minimum atomic E-state index is -0.0210. The Morgan fingerprint density at radius 2 is 2.14 bits per heavy atom. The number of rotatable bonds is 4. The van der Waals surface area contributed by atoms with Crippen LogP contribution < -0.4 is 4.90 Å². The topological polar surface area (TPSA) is 29.5 Å². The number of anilines is 1. The molecule has 1 fully saturated rings. The average molecular weight is 366 g/mol. The molecule has 1 aromatic carbocycles. The molecule has 0 aliphatic carbocycles. The highest BCUT2D eigenvalue weighted by Crippen LogP contribution is 2.25. The van der Waals surface area contributed by atoms with Crippen LogP contribution in [0.1, 0.15) is 12.0 Å². The maximum absolute atomic E-state index is 12.8. The summed E-state index contributed by atoms with van der Waals surface area (Å²) in [5.74, 6) is 0.133. The summed E-state index contributed by atoms with van der Waals surface area (Å²) >= 11 is 5.09. The predicted molar refractivity (Wildman–Crippen MR) is 88.6 cm³/mol. The molecule has 3 nitrogen and oxygen atoms in total. The van der Waals surface area contributed by atoms with Gasteiger partial charge in [-0.1, -0.05) is 15.9 Å². The van der Waals surface area contributed by atoms with E-state index in [1.807, 2.05) is 34.5 Å². The lowest BCUT2D eigenvalue weighted by molar-refractivity contribution is -0.122. The van der Waals surface area contributed by atoms with Gasteiger partial charge in [0.1, 0.15) is 0 Å². The predicted octanol–water partition coefficient (Wildman–Crippen LogP) is 4.08. The van der Waals surface area contributed by atoms with Crippen LogP contribution in [0, 0.1) is 5.92 Å². The van der Waals surface area contributed by atoms with Crippen molar-refractivity contribution in [1.82, 2.24) is 0 Å². The number of amides is 1. The molecule has 0 bridgehead atoms. The molecule has 1 aliphatic rings. The third-order valence-electron chi connectivity index (χ3n) is 3.60. The standard InChI is InChI=1S/C16H16BrNO2S/c17-14-1-3-15(4-2-14)18(9-12-6-8-21-11-12)16(19)13-5-7-20-10-13/h1-4,6,8,11,13H,5,7,9-10H2. The van der Waals surface area contributed by atoms with Crippen molar-refractivity contribution in [2.45, 2.75) is 13.0 Å². The highest BCUT2D eigenvalue weighted by atomic mass is 79.9. The molecule has 1 atom stereocenters. The summed E-state index contributed by atoms with van der Waals surface area (Å²) in [7, 11) is 0. The van der Waals surface area contributed by atoms with Gasteiger partial charge in [0.05, 0.1) is 19.1 Å². The van der Waals surface area contributed by atoms with Crippen LogP contribution in [-0.2, 0) is 16.1 Å². The Labute approximate surface area is 136 Å². The number of benzene rings is 1. The molecule has 0 saturated carbocycles. The van der Waals surface area contributed by atoms with Crippen molar-refractivity contribution in [3.63, 3.8) is 0 Å². The lowest BCUT2D eigenvalue weighted by atomic mass is 10.1. The van der Waals surface area contributed by atoms with Gasteiger partial charge in [0.25, 0.3) is 0 Å². The van der Waals surface area contributed by atoms with E-state index in [0.717, 1.165) is 22.1 Å².